The van der Waals surface area contributed by atoms with Crippen molar-refractivity contribution in [3.63, 3.8) is 0 Å². The average molecular weight is 241 g/mol. The van der Waals surface area contributed by atoms with Gasteiger partial charge in [0, 0.05) is 17.9 Å². The summed E-state index contributed by atoms with van der Waals surface area (Å²) in [5, 5.41) is 8.72. The first-order valence-corrected chi connectivity index (χ1v) is 5.49. The molecular weight excluding hydrogens is 228 g/mol. The Morgan fingerprint density at radius 2 is 2.06 bits per heavy atom. The van der Waals surface area contributed by atoms with Crippen LogP contribution in [-0.4, -0.2) is 22.7 Å². The number of halogens is 1. The lowest BCUT2D eigenvalue weighted by Crippen LogP contribution is -2.07. The topological polar surface area (TPSA) is 54.4 Å². The highest BCUT2D eigenvalue weighted by Crippen LogP contribution is 2.16. The molecule has 3 nitrogen and oxygen atoms in total. The van der Waals surface area contributed by atoms with E-state index in [-0.39, 0.29) is 24.5 Å². The van der Waals surface area contributed by atoms with E-state index in [1.807, 2.05) is 0 Å². The maximum absolute atomic E-state index is 11.7. The monoisotopic (exact) mass is 240 g/mol. The minimum absolute atomic E-state index is 0.0419. The molecule has 4 heteroatoms. The van der Waals surface area contributed by atoms with Gasteiger partial charge in [0.25, 0.3) is 0 Å². The third kappa shape index (κ3) is 3.07. The van der Waals surface area contributed by atoms with Crippen molar-refractivity contribution in [3.8, 4) is 0 Å². The minimum Gasteiger partial charge on any atom is -0.481 e. The highest BCUT2D eigenvalue weighted by Gasteiger charge is 2.12. The molecule has 0 aliphatic heterocycles. The van der Waals surface area contributed by atoms with Crippen LogP contribution in [0, 0.1) is 6.92 Å². The molecule has 1 aromatic rings. The quantitative estimate of drug-likeness (QED) is 0.635. The molecule has 0 atom stereocenters. The normalized spacial score (nSPS) is 10.1. The Kier molecular flexibility index (Phi) is 4.50. The maximum atomic E-state index is 11.7. The number of carboxylic acids is 1. The van der Waals surface area contributed by atoms with E-state index in [1.54, 1.807) is 25.1 Å². The van der Waals surface area contributed by atoms with Crippen LogP contribution in [0.25, 0.3) is 0 Å². The molecule has 1 N–H and O–H groups in total. The molecule has 0 fully saturated rings. The van der Waals surface area contributed by atoms with Gasteiger partial charge >= 0.3 is 5.97 Å². The van der Waals surface area contributed by atoms with Gasteiger partial charge in [0.05, 0.1) is 6.42 Å². The number of hydrogen-bond acceptors (Lipinski definition) is 2. The summed E-state index contributed by atoms with van der Waals surface area (Å²) >= 11 is 5.51. The van der Waals surface area contributed by atoms with E-state index in [1.165, 1.54) is 0 Å². The summed E-state index contributed by atoms with van der Waals surface area (Å²) in [6.45, 7) is 1.76. The zero-order valence-corrected chi connectivity index (χ0v) is 9.75. The predicted molar refractivity (Wildman–Crippen MR) is 62.2 cm³/mol. The van der Waals surface area contributed by atoms with Crippen LogP contribution in [0.4, 0.5) is 0 Å². The Hall–Kier alpha value is -1.35. The van der Waals surface area contributed by atoms with E-state index in [4.69, 9.17) is 16.7 Å². The van der Waals surface area contributed by atoms with Crippen LogP contribution < -0.4 is 0 Å². The van der Waals surface area contributed by atoms with Crippen molar-refractivity contribution in [2.75, 3.05) is 5.88 Å². The average Bonchev–Trinajstić information content (AvgIpc) is 2.21. The zero-order chi connectivity index (χ0) is 12.1. The van der Waals surface area contributed by atoms with E-state index in [0.717, 1.165) is 5.56 Å². The Labute approximate surface area is 99.0 Å². The summed E-state index contributed by atoms with van der Waals surface area (Å²) in [4.78, 5) is 22.3. The molecule has 1 aromatic carbocycles. The molecular formula is C12H13ClO3. The van der Waals surface area contributed by atoms with E-state index in [9.17, 15) is 9.59 Å². The van der Waals surface area contributed by atoms with Gasteiger partial charge in [-0.05, 0) is 18.1 Å². The molecule has 0 heterocycles. The van der Waals surface area contributed by atoms with Crippen molar-refractivity contribution in [1.82, 2.24) is 0 Å². The summed E-state index contributed by atoms with van der Waals surface area (Å²) < 4.78 is 0. The number of ketones is 1. The number of alkyl halides is 1. The van der Waals surface area contributed by atoms with Crippen molar-refractivity contribution in [2.45, 2.75) is 19.8 Å². The molecule has 0 radical (unpaired) electrons. The number of rotatable bonds is 5. The Bertz CT molecular complexity index is 413. The molecule has 86 valence electrons. The molecule has 0 spiro atoms. The minimum atomic E-state index is -0.898. The number of Topliss-reactive ketones (excluding diaryl/α,β-unsaturated/α-hetero) is 1. The van der Waals surface area contributed by atoms with Crippen LogP contribution in [0.2, 0.25) is 0 Å². The fourth-order valence-electron chi connectivity index (χ4n) is 1.56. The van der Waals surface area contributed by atoms with Gasteiger partial charge in [-0.15, -0.1) is 11.6 Å². The van der Waals surface area contributed by atoms with Crippen molar-refractivity contribution in [1.29, 1.82) is 0 Å². The van der Waals surface area contributed by atoms with Crippen LogP contribution in [0.5, 0.6) is 0 Å². The van der Waals surface area contributed by atoms with Gasteiger partial charge in [-0.25, -0.2) is 0 Å². The van der Waals surface area contributed by atoms with E-state index in [2.05, 4.69) is 0 Å². The summed E-state index contributed by atoms with van der Waals surface area (Å²) in [6.07, 6.45) is 0.215. The number of carbonyl (C=O) groups excluding carboxylic acids is 1. The van der Waals surface area contributed by atoms with Crippen molar-refractivity contribution < 1.29 is 14.7 Å². The third-order valence-electron chi connectivity index (χ3n) is 2.41. The second-order valence-electron chi connectivity index (χ2n) is 3.52. The van der Waals surface area contributed by atoms with Crippen molar-refractivity contribution in [2.24, 2.45) is 0 Å². The number of aliphatic carboxylic acids is 1. The fraction of sp³-hybridized carbons (Fsp3) is 0.333. The van der Waals surface area contributed by atoms with E-state index >= 15 is 0 Å². The Morgan fingerprint density at radius 1 is 1.38 bits per heavy atom. The van der Waals surface area contributed by atoms with Crippen LogP contribution in [0.1, 0.15) is 27.9 Å². The summed E-state index contributed by atoms with van der Waals surface area (Å²) in [6, 6.07) is 5.13. The smallest absolute Gasteiger partial charge is 0.307 e. The summed E-state index contributed by atoms with van der Waals surface area (Å²) in [5.41, 5.74) is 1.98. The van der Waals surface area contributed by atoms with E-state index in [0.29, 0.717) is 11.1 Å². The Balaban J connectivity index is 3.03. The van der Waals surface area contributed by atoms with Gasteiger partial charge in [0.15, 0.2) is 5.78 Å². The molecule has 0 aliphatic rings. The van der Waals surface area contributed by atoms with Gasteiger partial charge < -0.3 is 5.11 Å². The Morgan fingerprint density at radius 3 is 2.62 bits per heavy atom. The fourth-order valence-corrected chi connectivity index (χ4v) is 1.73. The summed E-state index contributed by atoms with van der Waals surface area (Å²) in [5.74, 6) is -0.661. The first-order valence-electron chi connectivity index (χ1n) is 4.95. The lowest BCUT2D eigenvalue weighted by atomic mass is 9.96. The molecule has 0 aromatic heterocycles. The highest BCUT2D eigenvalue weighted by atomic mass is 35.5. The number of hydrogen-bond donors (Lipinski definition) is 1. The lowest BCUT2D eigenvalue weighted by molar-refractivity contribution is -0.136. The van der Waals surface area contributed by atoms with Crippen molar-refractivity contribution >= 4 is 23.4 Å². The predicted octanol–water partition coefficient (Wildman–Crippen LogP) is 2.43. The maximum Gasteiger partial charge on any atom is 0.307 e. The van der Waals surface area contributed by atoms with Crippen LogP contribution in [-0.2, 0) is 11.2 Å². The second kappa shape index (κ2) is 5.66. The van der Waals surface area contributed by atoms with E-state index < -0.39 is 5.97 Å². The standard InChI is InChI=1S/C12H13ClO3/c1-8-9(7-12(15)16)3-2-4-10(8)11(14)5-6-13/h2-4H,5-7H2,1H3,(H,15,16). The molecule has 0 saturated heterocycles. The first kappa shape index (κ1) is 12.7. The molecule has 0 unspecified atom stereocenters. The van der Waals surface area contributed by atoms with Gasteiger partial charge in [-0.1, -0.05) is 18.2 Å². The molecule has 1 rings (SSSR count). The highest BCUT2D eigenvalue weighted by molar-refractivity contribution is 6.19. The van der Waals surface area contributed by atoms with Gasteiger partial charge in [-0.2, -0.15) is 0 Å². The SMILES string of the molecule is Cc1c(CC(=O)O)cccc1C(=O)CCCl. The van der Waals surface area contributed by atoms with Gasteiger partial charge in [0.2, 0.25) is 0 Å². The second-order valence-corrected chi connectivity index (χ2v) is 3.90. The molecule has 0 amide bonds. The molecule has 0 bridgehead atoms. The van der Waals surface area contributed by atoms with Crippen LogP contribution in [0.3, 0.4) is 0 Å². The number of carbonyl (C=O) groups is 2. The number of carboxylic acid groups (broad SMARTS) is 1. The number of benzene rings is 1. The third-order valence-corrected chi connectivity index (χ3v) is 2.60. The van der Waals surface area contributed by atoms with Crippen LogP contribution in [0.15, 0.2) is 18.2 Å². The first-order chi connectivity index (χ1) is 7.56. The van der Waals surface area contributed by atoms with Gasteiger partial charge in [-0.3, -0.25) is 9.59 Å². The van der Waals surface area contributed by atoms with Crippen LogP contribution >= 0.6 is 11.6 Å². The molecule has 16 heavy (non-hydrogen) atoms. The zero-order valence-electron chi connectivity index (χ0n) is 9.00. The lowest BCUT2D eigenvalue weighted by Gasteiger charge is -2.08. The van der Waals surface area contributed by atoms with Gasteiger partial charge in [0.1, 0.15) is 0 Å². The van der Waals surface area contributed by atoms with Crippen molar-refractivity contribution in [3.05, 3.63) is 34.9 Å². The molecule has 0 saturated carbocycles. The largest absolute Gasteiger partial charge is 0.481 e. The molecule has 0 aliphatic carbocycles. The summed E-state index contributed by atoms with van der Waals surface area (Å²) in [7, 11) is 0.